The Morgan fingerprint density at radius 1 is 1.06 bits per heavy atom. The van der Waals surface area contributed by atoms with Gasteiger partial charge < -0.3 is 25.8 Å². The molecule has 0 aliphatic carbocycles. The molecule has 35 heavy (non-hydrogen) atoms. The van der Waals surface area contributed by atoms with Crippen molar-refractivity contribution in [1.82, 2.24) is 20.4 Å². The van der Waals surface area contributed by atoms with Crippen LogP contribution >= 0.6 is 0 Å². The molecular formula is C23H22F3N5O4. The van der Waals surface area contributed by atoms with E-state index < -0.39 is 23.8 Å². The molecule has 1 atom stereocenters. The van der Waals surface area contributed by atoms with Crippen LogP contribution in [0.25, 0.3) is 5.69 Å². The number of nitrogens with one attached hydrogen (secondary N) is 2. The Morgan fingerprint density at radius 3 is 2.51 bits per heavy atom. The Balaban J connectivity index is 1.57. The molecule has 2 aromatic carbocycles. The topological polar surface area (TPSA) is 120 Å². The third kappa shape index (κ3) is 5.54. The first-order chi connectivity index (χ1) is 16.6. The first-order valence-corrected chi connectivity index (χ1v) is 10.6. The molecule has 0 saturated carbocycles. The van der Waals surface area contributed by atoms with Crippen LogP contribution in [0.3, 0.4) is 0 Å². The highest BCUT2D eigenvalue weighted by molar-refractivity contribution is 5.93. The zero-order valence-electron chi connectivity index (χ0n) is 18.6. The van der Waals surface area contributed by atoms with E-state index >= 15 is 0 Å². The molecule has 0 fully saturated rings. The summed E-state index contributed by atoms with van der Waals surface area (Å²) in [7, 11) is 0. The van der Waals surface area contributed by atoms with Crippen molar-refractivity contribution in [2.45, 2.75) is 32.2 Å². The summed E-state index contributed by atoms with van der Waals surface area (Å²) in [6.07, 6.45) is -4.75. The molecule has 0 bridgehead atoms. The van der Waals surface area contributed by atoms with Crippen molar-refractivity contribution in [2.75, 3.05) is 6.79 Å². The molecule has 2 amide bonds. The summed E-state index contributed by atoms with van der Waals surface area (Å²) in [4.78, 5) is 24.6. The lowest BCUT2D eigenvalue weighted by Gasteiger charge is -2.11. The van der Waals surface area contributed by atoms with E-state index in [9.17, 15) is 22.8 Å². The van der Waals surface area contributed by atoms with Gasteiger partial charge in [-0.25, -0.2) is 4.68 Å². The highest BCUT2D eigenvalue weighted by Crippen LogP contribution is 2.33. The smallest absolute Gasteiger partial charge is 0.435 e. The minimum absolute atomic E-state index is 0.0470. The summed E-state index contributed by atoms with van der Waals surface area (Å²) >= 11 is 0. The molecule has 0 unspecified atom stereocenters. The first-order valence-electron chi connectivity index (χ1n) is 10.6. The molecule has 1 aliphatic heterocycles. The predicted molar refractivity (Wildman–Crippen MR) is 118 cm³/mol. The Bertz CT molecular complexity index is 1260. The number of benzene rings is 2. The van der Waals surface area contributed by atoms with Crippen LogP contribution in [-0.4, -0.2) is 34.4 Å². The maximum atomic E-state index is 13.4. The van der Waals surface area contributed by atoms with Crippen molar-refractivity contribution in [1.29, 1.82) is 0 Å². The quantitative estimate of drug-likeness (QED) is 0.469. The highest BCUT2D eigenvalue weighted by Gasteiger charge is 2.36. The maximum Gasteiger partial charge on any atom is 0.435 e. The summed E-state index contributed by atoms with van der Waals surface area (Å²) in [5, 5.41) is 8.87. The molecule has 4 N–H and O–H groups in total. The number of nitrogens with zero attached hydrogens (tertiary/aromatic N) is 2. The average Bonchev–Trinajstić information content (AvgIpc) is 3.48. The molecule has 184 valence electrons. The van der Waals surface area contributed by atoms with Gasteiger partial charge in [0.1, 0.15) is 5.69 Å². The van der Waals surface area contributed by atoms with E-state index in [4.69, 9.17) is 15.2 Å². The van der Waals surface area contributed by atoms with Crippen molar-refractivity contribution in [3.63, 3.8) is 0 Å². The predicted octanol–water partition coefficient (Wildman–Crippen LogP) is 2.51. The van der Waals surface area contributed by atoms with Gasteiger partial charge in [-0.15, -0.1) is 0 Å². The minimum Gasteiger partial charge on any atom is -0.454 e. The van der Waals surface area contributed by atoms with Gasteiger partial charge >= 0.3 is 6.18 Å². The normalized spacial score (nSPS) is 13.4. The number of hydrogen-bond acceptors (Lipinski definition) is 6. The molecule has 1 aliphatic rings. The second kappa shape index (κ2) is 9.66. The number of hydrogen-bond donors (Lipinski definition) is 3. The van der Waals surface area contributed by atoms with E-state index in [0.29, 0.717) is 28.7 Å². The molecule has 1 aromatic heterocycles. The molecule has 0 radical (unpaired) electrons. The molecule has 3 aromatic rings. The van der Waals surface area contributed by atoms with Crippen LogP contribution < -0.4 is 25.8 Å². The van der Waals surface area contributed by atoms with Gasteiger partial charge in [-0.05, 0) is 42.3 Å². The van der Waals surface area contributed by atoms with Crippen molar-refractivity contribution >= 4 is 11.8 Å². The van der Waals surface area contributed by atoms with Crippen LogP contribution in [-0.2, 0) is 24.1 Å². The Kier molecular flexibility index (Phi) is 6.65. The molecular weight excluding hydrogens is 467 g/mol. The Labute approximate surface area is 198 Å². The number of aromatic nitrogens is 2. The van der Waals surface area contributed by atoms with Gasteiger partial charge in [0.25, 0.3) is 5.91 Å². The number of carbonyl (C=O) groups is 2. The van der Waals surface area contributed by atoms with E-state index in [-0.39, 0.29) is 37.2 Å². The van der Waals surface area contributed by atoms with Crippen molar-refractivity contribution < 1.29 is 32.2 Å². The largest absolute Gasteiger partial charge is 0.454 e. The zero-order chi connectivity index (χ0) is 25.2. The number of amides is 2. The standard InChI is InChI=1S/C23H22F3N5O4/c1-13(27)21(32)28-10-14-3-2-4-16(7-14)31-17(9-20(30-31)23(24,25)26)22(33)29-11-15-5-6-18-19(8-15)35-12-34-18/h2-9,13H,10-12,27H2,1H3,(H,28,32)(H,29,33)/t13-/m0/s1. The van der Waals surface area contributed by atoms with Gasteiger partial charge in [0.15, 0.2) is 17.2 Å². The van der Waals surface area contributed by atoms with Crippen LogP contribution in [0, 0.1) is 0 Å². The number of carbonyl (C=O) groups excluding carboxylic acids is 2. The van der Waals surface area contributed by atoms with Crippen LogP contribution in [0.2, 0.25) is 0 Å². The van der Waals surface area contributed by atoms with Gasteiger partial charge in [-0.2, -0.15) is 18.3 Å². The van der Waals surface area contributed by atoms with E-state index in [1.807, 2.05) is 0 Å². The van der Waals surface area contributed by atoms with Gasteiger partial charge in [0, 0.05) is 19.2 Å². The summed E-state index contributed by atoms with van der Waals surface area (Å²) in [6, 6.07) is 11.4. The second-order valence-electron chi connectivity index (χ2n) is 7.87. The van der Waals surface area contributed by atoms with Crippen LogP contribution in [0.5, 0.6) is 11.5 Å². The fraction of sp³-hybridized carbons (Fsp3) is 0.261. The monoisotopic (exact) mass is 489 g/mol. The number of halogens is 3. The summed E-state index contributed by atoms with van der Waals surface area (Å²) in [5.41, 5.74) is 5.51. The first kappa shape index (κ1) is 24.1. The number of fused-ring (bicyclic) bond motifs is 1. The number of ether oxygens (including phenoxy) is 2. The van der Waals surface area contributed by atoms with Crippen molar-refractivity contribution in [3.05, 3.63) is 71.0 Å². The van der Waals surface area contributed by atoms with Gasteiger partial charge in [0.05, 0.1) is 11.7 Å². The average molecular weight is 489 g/mol. The molecule has 9 nitrogen and oxygen atoms in total. The van der Waals surface area contributed by atoms with Crippen LogP contribution in [0.15, 0.2) is 48.5 Å². The second-order valence-corrected chi connectivity index (χ2v) is 7.87. The maximum absolute atomic E-state index is 13.4. The Hall–Kier alpha value is -4.06. The van der Waals surface area contributed by atoms with Crippen molar-refractivity contribution in [2.24, 2.45) is 5.73 Å². The summed E-state index contributed by atoms with van der Waals surface area (Å²) < 4.78 is 51.7. The van der Waals surface area contributed by atoms with E-state index in [0.717, 1.165) is 4.68 Å². The SMILES string of the molecule is C[C@H](N)C(=O)NCc1cccc(-n2nc(C(F)(F)F)cc2C(=O)NCc2ccc3c(c2)OCO3)c1. The minimum atomic E-state index is -4.75. The highest BCUT2D eigenvalue weighted by atomic mass is 19.4. The third-order valence-electron chi connectivity index (χ3n) is 5.16. The third-order valence-corrected chi connectivity index (χ3v) is 5.16. The number of nitrogens with two attached hydrogens (primary N) is 1. The Morgan fingerprint density at radius 2 is 1.77 bits per heavy atom. The summed E-state index contributed by atoms with van der Waals surface area (Å²) in [6.45, 7) is 1.78. The zero-order valence-corrected chi connectivity index (χ0v) is 18.6. The lowest BCUT2D eigenvalue weighted by molar-refractivity contribution is -0.141. The number of rotatable bonds is 7. The van der Waals surface area contributed by atoms with Gasteiger partial charge in [0.2, 0.25) is 12.7 Å². The molecule has 12 heteroatoms. The lowest BCUT2D eigenvalue weighted by atomic mass is 10.2. The fourth-order valence-electron chi connectivity index (χ4n) is 3.35. The molecule has 0 spiro atoms. The molecule has 4 rings (SSSR count). The molecule has 0 saturated heterocycles. The van der Waals surface area contributed by atoms with Crippen LogP contribution in [0.4, 0.5) is 13.2 Å². The van der Waals surface area contributed by atoms with Crippen LogP contribution in [0.1, 0.15) is 34.2 Å². The van der Waals surface area contributed by atoms with E-state index in [1.165, 1.54) is 19.1 Å². The molecule has 2 heterocycles. The van der Waals surface area contributed by atoms with E-state index in [2.05, 4.69) is 15.7 Å². The van der Waals surface area contributed by atoms with Gasteiger partial charge in [-0.1, -0.05) is 18.2 Å². The summed E-state index contributed by atoms with van der Waals surface area (Å²) in [5.74, 6) is -0.0298. The fourth-order valence-corrected chi connectivity index (χ4v) is 3.35. The van der Waals surface area contributed by atoms with Gasteiger partial charge in [-0.3, -0.25) is 9.59 Å². The number of alkyl halides is 3. The lowest BCUT2D eigenvalue weighted by Crippen LogP contribution is -2.37. The van der Waals surface area contributed by atoms with Crippen molar-refractivity contribution in [3.8, 4) is 17.2 Å². The van der Waals surface area contributed by atoms with E-state index in [1.54, 1.807) is 30.3 Å².